The van der Waals surface area contributed by atoms with E-state index in [4.69, 9.17) is 56.8 Å². The molecule has 866 valence electrons. The number of fused-ring (bicyclic) bond motifs is 5. The number of hydrogen-bond acceptors (Lipinski definition) is 29. The Morgan fingerprint density at radius 2 is 0.738 bits per heavy atom. The van der Waals surface area contributed by atoms with Gasteiger partial charge < -0.3 is 71.1 Å². The molecule has 6 bridgehead atoms. The zero-order valence-electron chi connectivity index (χ0n) is 96.8. The van der Waals surface area contributed by atoms with E-state index in [2.05, 4.69) is 62.7 Å². The van der Waals surface area contributed by atoms with Gasteiger partial charge in [-0.25, -0.2) is 4.79 Å². The molecule has 0 amide bonds. The Morgan fingerprint density at radius 3 is 1.07 bits per heavy atom. The van der Waals surface area contributed by atoms with Crippen LogP contribution in [0.4, 0.5) is 39.5 Å². The molecular formula is C111H185F9O29. The zero-order valence-corrected chi connectivity index (χ0v) is 96.8. The topological polar surface area (TPSA) is 377 Å². The zero-order chi connectivity index (χ0) is 116. The minimum absolute atomic E-state index is 0.0143. The lowest BCUT2D eigenvalue weighted by molar-refractivity contribution is -0.222. The first-order valence-corrected chi connectivity index (χ1v) is 52.9. The van der Waals surface area contributed by atoms with Crippen LogP contribution in [0.5, 0.6) is 0 Å². The summed E-state index contributed by atoms with van der Waals surface area (Å²) in [5.74, 6) is -4.30. The first kappa shape index (κ1) is 139. The maximum Gasteiger partial charge on any atom is 0.425 e. The van der Waals surface area contributed by atoms with Crippen LogP contribution >= 0.6 is 0 Å². The van der Waals surface area contributed by atoms with Crippen molar-refractivity contribution in [3.63, 3.8) is 0 Å². The van der Waals surface area contributed by atoms with Crippen LogP contribution in [0.3, 0.4) is 0 Å². The van der Waals surface area contributed by atoms with Crippen LogP contribution < -0.4 is 0 Å². The molecule has 7 aliphatic carbocycles. The van der Waals surface area contributed by atoms with Gasteiger partial charge in [-0.1, -0.05) is 104 Å². The largest absolute Gasteiger partial charge is 0.462 e. The number of hydrogen-bond donors (Lipinski definition) is 0. The van der Waals surface area contributed by atoms with E-state index >= 15 is 0 Å². The second kappa shape index (κ2) is 56.0. The minimum Gasteiger partial charge on any atom is -0.462 e. The molecule has 0 radical (unpaired) electrons. The van der Waals surface area contributed by atoms with Gasteiger partial charge in [0.25, 0.3) is 0 Å². The van der Waals surface area contributed by atoms with Gasteiger partial charge in [-0.15, -0.1) is 0 Å². The standard InChI is InChI=1S/C18H30O2.C16H28O2.C15H22O7.C13H24O2.2C12H20O5.C9H15F3O2.2C8H13F3O2/c1-6-15(2,3)14(19)20-18-9-13-7-16(4,11-18)10-17(5,8-13)12-18;1-7-14(2,3)13(17)18-12-10-11-8-9-16(12,6)15(11,4)5;1-6-14(2,3)13(17)20-9-7-8(18-11(9)16)10-12(19-7)22-15(4,5)21-10;1-5-13(3,4)12(14)15-11-8-6-10(2)7-9-11;2*1-5-12(3,4)11(15)17-7-6-16-10(14)8-9(2)13;1-5-8(3,4)7(13)14-6(2)9(10,11)12;2*1-4-7(2,3)6(12)13-5-8(9,10)11/h13H,6-12H2,1-5H3;11-12H,7-10H2,1-6H3;7-10,12H,6H2,1-5H3;10-11H,5-9H2,1-4H3;2*5-8H2,1-4H3;6H,5H2,1-4H3;2*4-5H2,1-3H3. The molecule has 3 saturated heterocycles. The van der Waals surface area contributed by atoms with Crippen LogP contribution in [0.15, 0.2) is 0 Å². The quantitative estimate of drug-likeness (QED) is 0.0187. The van der Waals surface area contributed by atoms with Crippen molar-refractivity contribution in [2.24, 2.45) is 88.1 Å². The molecule has 149 heavy (non-hydrogen) atoms. The molecule has 3 heterocycles. The number of ketones is 2. The molecule has 0 aromatic heterocycles. The summed E-state index contributed by atoms with van der Waals surface area (Å²) in [5.41, 5.74) is -4.10. The number of halogens is 9. The third kappa shape index (κ3) is 44.2. The third-order valence-corrected chi connectivity index (χ3v) is 31.5. The highest BCUT2D eigenvalue weighted by Gasteiger charge is 2.67. The van der Waals surface area contributed by atoms with Gasteiger partial charge in [-0.3, -0.25) is 62.3 Å². The summed E-state index contributed by atoms with van der Waals surface area (Å²) in [6, 6.07) is 0. The fourth-order valence-corrected chi connectivity index (χ4v) is 17.5. The first-order valence-electron chi connectivity index (χ1n) is 52.9. The van der Waals surface area contributed by atoms with Crippen molar-refractivity contribution in [2.75, 3.05) is 39.6 Å². The van der Waals surface area contributed by atoms with Crippen LogP contribution in [0.2, 0.25) is 0 Å². The van der Waals surface area contributed by atoms with Gasteiger partial charge in [0.2, 0.25) is 6.10 Å². The van der Waals surface area contributed by atoms with Crippen molar-refractivity contribution < 1.29 is 178 Å². The van der Waals surface area contributed by atoms with Gasteiger partial charge in [0.05, 0.1) is 48.7 Å². The van der Waals surface area contributed by atoms with E-state index in [1.54, 1.807) is 118 Å². The highest BCUT2D eigenvalue weighted by Crippen LogP contribution is 2.69. The molecule has 0 spiro atoms. The Hall–Kier alpha value is -7.77. The van der Waals surface area contributed by atoms with E-state index in [1.165, 1.54) is 58.8 Å². The number of rotatable bonds is 35. The van der Waals surface area contributed by atoms with Gasteiger partial charge in [0.15, 0.2) is 43.6 Å². The van der Waals surface area contributed by atoms with E-state index in [-0.39, 0.29) is 120 Å². The number of alkyl halides is 9. The molecule has 10 rings (SSSR count). The lowest BCUT2D eigenvalue weighted by Gasteiger charge is -2.64. The second-order valence-electron chi connectivity index (χ2n) is 49.4. The van der Waals surface area contributed by atoms with Crippen LogP contribution in [-0.2, 0) is 138 Å². The number of ether oxygens (including phenoxy) is 15. The maximum absolute atomic E-state index is 12.6. The highest BCUT2D eigenvalue weighted by molar-refractivity contribution is 5.94. The van der Waals surface area contributed by atoms with Gasteiger partial charge >= 0.3 is 90.2 Å². The van der Waals surface area contributed by atoms with Crippen molar-refractivity contribution in [1.82, 2.24) is 0 Å². The van der Waals surface area contributed by atoms with E-state index in [1.807, 2.05) is 76.2 Å². The SMILES string of the molecule is CCC(C)(C)C(=O)OC(C)C(F)(F)F.CCC(C)(C)C(=O)OC12CC3CC(C)(CC(C)(C3)C1)C2.CCC(C)(C)C(=O)OC1C(=O)OC2C3OC(C)(C)OC3OC12.CCC(C)(C)C(=O)OC1CC2CCC1(C)C2(C)C.CCC(C)(C)C(=O)OC1CCC(C)CC1.CCC(C)(C)C(=O)OCC(F)(F)F.CCC(C)(C)C(=O)OCC(F)(F)F.CCC(C)(C)C(=O)OCCOC(=O)CC(C)=O.CCC(C)(C)C(=O)OCCOC(=O)CC(C)=O. The number of esters is 12. The monoisotopic (exact) mass is 2150 g/mol. The third-order valence-electron chi connectivity index (χ3n) is 31.5. The molecule has 10 fully saturated rings. The van der Waals surface area contributed by atoms with Gasteiger partial charge in [0.1, 0.15) is 74.7 Å². The Morgan fingerprint density at radius 1 is 0.396 bits per heavy atom. The molecule has 0 aromatic carbocycles. The Bertz CT molecular complexity index is 4250. The average molecular weight is 2150 g/mol. The van der Waals surface area contributed by atoms with E-state index in [0.29, 0.717) is 54.8 Å². The Labute approximate surface area is 880 Å². The van der Waals surface area contributed by atoms with Crippen molar-refractivity contribution in [3.8, 4) is 0 Å². The lowest BCUT2D eigenvalue weighted by atomic mass is 9.43. The molecule has 11 atom stereocenters. The lowest BCUT2D eigenvalue weighted by Crippen LogP contribution is -2.60. The number of carbonyl (C=O) groups is 14. The summed E-state index contributed by atoms with van der Waals surface area (Å²) >= 11 is 0. The van der Waals surface area contributed by atoms with Crippen molar-refractivity contribution in [2.45, 2.75) is 496 Å². The molecule has 0 aromatic rings. The highest BCUT2D eigenvalue weighted by atomic mass is 19.4. The van der Waals surface area contributed by atoms with E-state index < -0.39 is 149 Å². The van der Waals surface area contributed by atoms with Crippen molar-refractivity contribution in [3.05, 3.63) is 0 Å². The minimum atomic E-state index is -4.49. The maximum atomic E-state index is 12.6. The molecular weight excluding hydrogens is 1970 g/mol. The molecule has 38 heteroatoms. The molecule has 10 aliphatic rings. The fourth-order valence-electron chi connectivity index (χ4n) is 17.5. The van der Waals surface area contributed by atoms with E-state index in [9.17, 15) is 107 Å². The molecule has 11 unspecified atom stereocenters. The molecule has 3 aliphatic heterocycles. The van der Waals surface area contributed by atoms with Crippen LogP contribution in [0, 0.1) is 88.1 Å². The predicted molar refractivity (Wildman–Crippen MR) is 538 cm³/mol. The fraction of sp³-hybridized carbons (Fsp3) is 0.874. The molecule has 7 saturated carbocycles. The van der Waals surface area contributed by atoms with Crippen molar-refractivity contribution in [1.29, 1.82) is 0 Å². The summed E-state index contributed by atoms with van der Waals surface area (Å²) in [7, 11) is 0. The summed E-state index contributed by atoms with van der Waals surface area (Å²) in [6.45, 7) is 67.0. The summed E-state index contributed by atoms with van der Waals surface area (Å²) in [6.07, 6.45) is 2.15. The Kier molecular flexibility index (Phi) is 52.4. The van der Waals surface area contributed by atoms with Gasteiger partial charge in [-0.2, -0.15) is 39.5 Å². The summed E-state index contributed by atoms with van der Waals surface area (Å²) < 4.78 is 183. The second-order valence-corrected chi connectivity index (χ2v) is 49.4. The number of carbonyl (C=O) groups excluding carboxylic acids is 14. The smallest absolute Gasteiger partial charge is 0.425 e. The predicted octanol–water partition coefficient (Wildman–Crippen LogP) is 24.5. The summed E-state index contributed by atoms with van der Waals surface area (Å²) in [4.78, 5) is 160. The van der Waals surface area contributed by atoms with Gasteiger partial charge in [0, 0.05) is 5.41 Å². The summed E-state index contributed by atoms with van der Waals surface area (Å²) in [5, 5.41) is 0. The van der Waals surface area contributed by atoms with Crippen LogP contribution in [0.1, 0.15) is 417 Å². The van der Waals surface area contributed by atoms with Crippen LogP contribution in [-0.4, -0.2) is 202 Å². The number of Topliss-reactive ketones (excluding diaryl/α,β-unsaturated/α-hetero) is 2. The molecule has 0 N–H and O–H groups in total. The Balaban J connectivity index is 0.000000843. The van der Waals surface area contributed by atoms with E-state index in [0.717, 1.165) is 82.5 Å². The molecule has 29 nitrogen and oxygen atoms in total. The first-order chi connectivity index (χ1) is 67.4. The average Bonchev–Trinajstić information content (AvgIpc) is 1.68. The normalized spacial score (nSPS) is 25.5. The van der Waals surface area contributed by atoms with Crippen LogP contribution in [0.25, 0.3) is 0 Å². The van der Waals surface area contributed by atoms with Gasteiger partial charge in [-0.05, 0) is 335 Å². The van der Waals surface area contributed by atoms with Crippen molar-refractivity contribution >= 4 is 83.2 Å².